The van der Waals surface area contributed by atoms with Crippen molar-refractivity contribution < 1.29 is 0 Å². The van der Waals surface area contributed by atoms with Gasteiger partial charge in [-0.25, -0.2) is 0 Å². The molecule has 0 saturated heterocycles. The van der Waals surface area contributed by atoms with Crippen molar-refractivity contribution in [2.24, 2.45) is 0 Å². The molecule has 2 aromatic rings. The molecule has 0 aromatic heterocycles. The van der Waals surface area contributed by atoms with Crippen LogP contribution in [0.25, 0.3) is 0 Å². The lowest BCUT2D eigenvalue weighted by Crippen LogP contribution is -2.37. The van der Waals surface area contributed by atoms with Crippen molar-refractivity contribution in [2.75, 3.05) is 5.73 Å². The molecular formula is C20H28Cl2N2. The molecule has 3 N–H and O–H groups in total. The zero-order chi connectivity index (χ0) is 15.4. The Bertz CT molecular complexity index is 616. The topological polar surface area (TPSA) is 38.0 Å². The smallest absolute Gasteiger partial charge is 0.0322 e. The normalized spacial score (nSPS) is 17.1. The van der Waals surface area contributed by atoms with E-state index in [1.54, 1.807) is 0 Å². The van der Waals surface area contributed by atoms with Crippen molar-refractivity contribution in [3.8, 4) is 0 Å². The molecule has 132 valence electrons. The second-order valence-corrected chi connectivity index (χ2v) is 6.39. The number of benzene rings is 2. The van der Waals surface area contributed by atoms with Crippen molar-refractivity contribution in [3.05, 3.63) is 65.2 Å². The fraction of sp³-hybridized carbons (Fsp3) is 0.400. The van der Waals surface area contributed by atoms with Gasteiger partial charge in [-0.3, -0.25) is 0 Å². The molecule has 0 radical (unpaired) electrons. The van der Waals surface area contributed by atoms with Gasteiger partial charge in [0.25, 0.3) is 0 Å². The molecule has 0 heterocycles. The molecule has 0 amide bonds. The van der Waals surface area contributed by atoms with Crippen LogP contribution in [0.15, 0.2) is 48.5 Å². The predicted molar refractivity (Wildman–Crippen MR) is 108 cm³/mol. The van der Waals surface area contributed by atoms with Crippen LogP contribution in [0.4, 0.5) is 5.69 Å². The summed E-state index contributed by atoms with van der Waals surface area (Å²) in [5, 5.41) is 3.89. The number of aryl methyl sites for hydroxylation is 1. The number of hydrogen-bond acceptors (Lipinski definition) is 2. The Morgan fingerprint density at radius 1 is 1.08 bits per heavy atom. The standard InChI is InChI=1S/C20H26N2.2ClH/c1-2-6-20(16-7-4-3-5-8-16)22-19-12-10-15-9-11-18(21)13-17(15)14-19;;/h3-5,7-9,11,13,19-20,22H,2,6,10,12,14,21H2,1H3;2*1H. The first-order valence-corrected chi connectivity index (χ1v) is 8.44. The highest BCUT2D eigenvalue weighted by Crippen LogP contribution is 2.26. The van der Waals surface area contributed by atoms with E-state index in [4.69, 9.17) is 5.73 Å². The Labute approximate surface area is 158 Å². The first kappa shape index (κ1) is 20.8. The van der Waals surface area contributed by atoms with Crippen LogP contribution in [-0.4, -0.2) is 6.04 Å². The summed E-state index contributed by atoms with van der Waals surface area (Å²) in [6.07, 6.45) is 5.84. The highest BCUT2D eigenvalue weighted by molar-refractivity contribution is 5.85. The third kappa shape index (κ3) is 5.14. The fourth-order valence-electron chi connectivity index (χ4n) is 3.52. The monoisotopic (exact) mass is 366 g/mol. The fourth-order valence-corrected chi connectivity index (χ4v) is 3.52. The molecule has 0 fully saturated rings. The van der Waals surface area contributed by atoms with Gasteiger partial charge in [-0.2, -0.15) is 0 Å². The summed E-state index contributed by atoms with van der Waals surface area (Å²) in [5.41, 5.74) is 11.1. The van der Waals surface area contributed by atoms with Gasteiger partial charge in [-0.15, -0.1) is 24.8 Å². The zero-order valence-corrected chi connectivity index (χ0v) is 15.8. The number of anilines is 1. The van der Waals surface area contributed by atoms with Gasteiger partial charge in [0.1, 0.15) is 0 Å². The van der Waals surface area contributed by atoms with Crippen molar-refractivity contribution >= 4 is 30.5 Å². The highest BCUT2D eigenvalue weighted by atomic mass is 35.5. The van der Waals surface area contributed by atoms with E-state index in [1.807, 2.05) is 6.07 Å². The minimum atomic E-state index is 0. The lowest BCUT2D eigenvalue weighted by molar-refractivity contribution is 0.382. The van der Waals surface area contributed by atoms with E-state index < -0.39 is 0 Å². The Morgan fingerprint density at radius 2 is 1.83 bits per heavy atom. The van der Waals surface area contributed by atoms with Crippen LogP contribution in [-0.2, 0) is 12.8 Å². The molecule has 2 unspecified atom stereocenters. The molecule has 2 nitrogen and oxygen atoms in total. The van der Waals surface area contributed by atoms with Crippen LogP contribution in [0, 0.1) is 0 Å². The van der Waals surface area contributed by atoms with Gasteiger partial charge in [0.15, 0.2) is 0 Å². The summed E-state index contributed by atoms with van der Waals surface area (Å²) >= 11 is 0. The number of halogens is 2. The summed E-state index contributed by atoms with van der Waals surface area (Å²) in [6.45, 7) is 2.26. The molecule has 0 aliphatic heterocycles. The number of rotatable bonds is 5. The number of fused-ring (bicyclic) bond motifs is 1. The average Bonchev–Trinajstić information content (AvgIpc) is 2.55. The van der Waals surface area contributed by atoms with E-state index in [2.05, 4.69) is 54.7 Å². The molecular weight excluding hydrogens is 339 g/mol. The maximum atomic E-state index is 5.95. The largest absolute Gasteiger partial charge is 0.399 e. The lowest BCUT2D eigenvalue weighted by Gasteiger charge is -2.30. The molecule has 3 rings (SSSR count). The lowest BCUT2D eigenvalue weighted by atomic mass is 9.87. The van der Waals surface area contributed by atoms with E-state index >= 15 is 0 Å². The quantitative estimate of drug-likeness (QED) is 0.722. The van der Waals surface area contributed by atoms with Crippen LogP contribution in [0.2, 0.25) is 0 Å². The van der Waals surface area contributed by atoms with Gasteiger partial charge >= 0.3 is 0 Å². The maximum Gasteiger partial charge on any atom is 0.0322 e. The van der Waals surface area contributed by atoms with Gasteiger partial charge < -0.3 is 11.1 Å². The van der Waals surface area contributed by atoms with Crippen molar-refractivity contribution in [3.63, 3.8) is 0 Å². The van der Waals surface area contributed by atoms with E-state index in [1.165, 1.54) is 36.0 Å². The third-order valence-electron chi connectivity index (χ3n) is 4.67. The van der Waals surface area contributed by atoms with Crippen LogP contribution in [0.1, 0.15) is 48.9 Å². The molecule has 1 aliphatic carbocycles. The van der Waals surface area contributed by atoms with E-state index in [9.17, 15) is 0 Å². The van der Waals surface area contributed by atoms with Crippen LogP contribution < -0.4 is 11.1 Å². The molecule has 0 saturated carbocycles. The maximum absolute atomic E-state index is 5.95. The Balaban J connectivity index is 0.00000144. The Morgan fingerprint density at radius 3 is 2.54 bits per heavy atom. The zero-order valence-electron chi connectivity index (χ0n) is 14.2. The van der Waals surface area contributed by atoms with Crippen molar-refractivity contribution in [1.82, 2.24) is 5.32 Å². The second kappa shape index (κ2) is 9.93. The van der Waals surface area contributed by atoms with Crippen LogP contribution in [0.5, 0.6) is 0 Å². The number of nitrogens with two attached hydrogens (primary N) is 1. The van der Waals surface area contributed by atoms with Crippen molar-refractivity contribution in [1.29, 1.82) is 0 Å². The van der Waals surface area contributed by atoms with Gasteiger partial charge in [0, 0.05) is 17.8 Å². The minimum Gasteiger partial charge on any atom is -0.399 e. The summed E-state index contributed by atoms with van der Waals surface area (Å²) < 4.78 is 0. The first-order valence-electron chi connectivity index (χ1n) is 8.44. The van der Waals surface area contributed by atoms with Gasteiger partial charge in [-0.1, -0.05) is 49.7 Å². The van der Waals surface area contributed by atoms with Crippen LogP contribution in [0.3, 0.4) is 0 Å². The Kier molecular flexibility index (Phi) is 8.61. The van der Waals surface area contributed by atoms with E-state index in [-0.39, 0.29) is 24.8 Å². The van der Waals surface area contributed by atoms with Gasteiger partial charge in [0.05, 0.1) is 0 Å². The molecule has 2 atom stereocenters. The van der Waals surface area contributed by atoms with E-state index in [0.29, 0.717) is 12.1 Å². The SMILES string of the molecule is CCCC(NC1CCc2ccc(N)cc2C1)c1ccccc1.Cl.Cl. The predicted octanol–water partition coefficient (Wildman–Crippen LogP) is 5.10. The number of nitrogen functional groups attached to an aromatic ring is 1. The van der Waals surface area contributed by atoms with E-state index in [0.717, 1.165) is 18.5 Å². The molecule has 24 heavy (non-hydrogen) atoms. The average molecular weight is 367 g/mol. The Hall–Kier alpha value is -1.22. The summed E-state index contributed by atoms with van der Waals surface area (Å²) in [7, 11) is 0. The highest BCUT2D eigenvalue weighted by Gasteiger charge is 2.21. The molecule has 4 heteroatoms. The molecule has 1 aliphatic rings. The number of nitrogens with one attached hydrogen (secondary N) is 1. The second-order valence-electron chi connectivity index (χ2n) is 6.39. The van der Waals surface area contributed by atoms with Crippen molar-refractivity contribution in [2.45, 2.75) is 51.1 Å². The first-order chi connectivity index (χ1) is 10.8. The van der Waals surface area contributed by atoms with Gasteiger partial charge in [-0.05, 0) is 54.5 Å². The third-order valence-corrected chi connectivity index (χ3v) is 4.67. The van der Waals surface area contributed by atoms with Crippen LogP contribution >= 0.6 is 24.8 Å². The number of hydrogen-bond donors (Lipinski definition) is 2. The van der Waals surface area contributed by atoms with Gasteiger partial charge in [0.2, 0.25) is 0 Å². The summed E-state index contributed by atoms with van der Waals surface area (Å²) in [5.74, 6) is 0. The molecule has 0 bridgehead atoms. The molecule has 0 spiro atoms. The minimum absolute atomic E-state index is 0. The summed E-state index contributed by atoms with van der Waals surface area (Å²) in [6, 6.07) is 18.2. The molecule has 2 aromatic carbocycles. The summed E-state index contributed by atoms with van der Waals surface area (Å²) in [4.78, 5) is 0.